The smallest absolute Gasteiger partial charge is 0.309 e. The van der Waals surface area contributed by atoms with Gasteiger partial charge in [0.05, 0.1) is 17.6 Å². The van der Waals surface area contributed by atoms with E-state index in [-0.39, 0.29) is 5.92 Å². The SMILES string of the molecule is CCOC(C)(COC)C(C)CC(C)(C)C(=O)O. The normalized spacial score (nSPS) is 17.5. The molecule has 0 spiro atoms. The minimum Gasteiger partial charge on any atom is -0.481 e. The van der Waals surface area contributed by atoms with E-state index in [0.29, 0.717) is 19.6 Å². The Morgan fingerprint density at radius 1 is 1.35 bits per heavy atom. The summed E-state index contributed by atoms with van der Waals surface area (Å²) in [6, 6.07) is 0. The van der Waals surface area contributed by atoms with Gasteiger partial charge in [0.1, 0.15) is 0 Å². The van der Waals surface area contributed by atoms with Crippen molar-refractivity contribution in [2.45, 2.75) is 46.6 Å². The number of hydrogen-bond donors (Lipinski definition) is 1. The number of methoxy groups -OCH3 is 1. The van der Waals surface area contributed by atoms with Crippen LogP contribution in [0.1, 0.15) is 41.0 Å². The number of ether oxygens (including phenoxy) is 2. The number of carboxylic acids is 1. The van der Waals surface area contributed by atoms with E-state index >= 15 is 0 Å². The fourth-order valence-corrected chi connectivity index (χ4v) is 2.01. The molecule has 1 N–H and O–H groups in total. The van der Waals surface area contributed by atoms with Gasteiger partial charge in [0.15, 0.2) is 0 Å². The minimum absolute atomic E-state index is 0.105. The molecule has 0 aromatic heterocycles. The zero-order chi connectivity index (χ0) is 13.7. The van der Waals surface area contributed by atoms with Crippen LogP contribution in [0.25, 0.3) is 0 Å². The molecule has 0 aliphatic rings. The maximum Gasteiger partial charge on any atom is 0.309 e. The molecule has 0 fully saturated rings. The Labute approximate surface area is 104 Å². The Morgan fingerprint density at radius 2 is 1.88 bits per heavy atom. The van der Waals surface area contributed by atoms with Crippen LogP contribution in [0, 0.1) is 11.3 Å². The van der Waals surface area contributed by atoms with Crippen molar-refractivity contribution in [1.82, 2.24) is 0 Å². The van der Waals surface area contributed by atoms with Gasteiger partial charge in [-0.15, -0.1) is 0 Å². The minimum atomic E-state index is -0.777. The summed E-state index contributed by atoms with van der Waals surface area (Å²) in [6.45, 7) is 10.5. The zero-order valence-electron chi connectivity index (χ0n) is 11.9. The first kappa shape index (κ1) is 16.4. The number of hydrogen-bond acceptors (Lipinski definition) is 3. The molecular weight excluding hydrogens is 220 g/mol. The number of aliphatic carboxylic acids is 1. The molecule has 0 aliphatic carbocycles. The van der Waals surface area contributed by atoms with E-state index in [2.05, 4.69) is 0 Å². The fraction of sp³-hybridized carbons (Fsp3) is 0.923. The fourth-order valence-electron chi connectivity index (χ4n) is 2.01. The van der Waals surface area contributed by atoms with Crippen molar-refractivity contribution in [3.8, 4) is 0 Å². The Balaban J connectivity index is 4.74. The predicted molar refractivity (Wildman–Crippen MR) is 67.1 cm³/mol. The lowest BCUT2D eigenvalue weighted by Gasteiger charge is -2.37. The zero-order valence-corrected chi connectivity index (χ0v) is 11.9. The molecule has 4 heteroatoms. The van der Waals surface area contributed by atoms with Gasteiger partial charge in [-0.25, -0.2) is 0 Å². The van der Waals surface area contributed by atoms with Gasteiger partial charge in [0.25, 0.3) is 0 Å². The van der Waals surface area contributed by atoms with Gasteiger partial charge in [0.2, 0.25) is 0 Å². The first-order chi connectivity index (χ1) is 7.69. The van der Waals surface area contributed by atoms with Gasteiger partial charge in [-0.1, -0.05) is 6.92 Å². The lowest BCUT2D eigenvalue weighted by Crippen LogP contribution is -2.43. The second-order valence-electron chi connectivity index (χ2n) is 5.47. The Morgan fingerprint density at radius 3 is 2.24 bits per heavy atom. The van der Waals surface area contributed by atoms with Crippen LogP contribution in [-0.2, 0) is 14.3 Å². The third-order valence-corrected chi connectivity index (χ3v) is 3.34. The van der Waals surface area contributed by atoms with Crippen LogP contribution < -0.4 is 0 Å². The van der Waals surface area contributed by atoms with Crippen LogP contribution in [-0.4, -0.2) is 37.0 Å². The maximum atomic E-state index is 11.1. The van der Waals surface area contributed by atoms with Gasteiger partial charge < -0.3 is 14.6 Å². The Bertz CT molecular complexity index is 242. The average molecular weight is 246 g/mol. The second-order valence-corrected chi connectivity index (χ2v) is 5.47. The summed E-state index contributed by atoms with van der Waals surface area (Å²) in [6.07, 6.45) is 0.558. The van der Waals surface area contributed by atoms with Gasteiger partial charge in [0, 0.05) is 13.7 Å². The summed E-state index contributed by atoms with van der Waals surface area (Å²) in [5.74, 6) is -0.672. The maximum absolute atomic E-state index is 11.1. The van der Waals surface area contributed by atoms with Crippen LogP contribution in [0.4, 0.5) is 0 Å². The van der Waals surface area contributed by atoms with Crippen LogP contribution in [0.15, 0.2) is 0 Å². The highest BCUT2D eigenvalue weighted by molar-refractivity contribution is 5.73. The molecule has 102 valence electrons. The summed E-state index contributed by atoms with van der Waals surface area (Å²) >= 11 is 0. The molecule has 0 aromatic rings. The van der Waals surface area contributed by atoms with Crippen LogP contribution >= 0.6 is 0 Å². The van der Waals surface area contributed by atoms with Crippen LogP contribution in [0.2, 0.25) is 0 Å². The Hall–Kier alpha value is -0.610. The highest BCUT2D eigenvalue weighted by Crippen LogP contribution is 2.33. The molecule has 4 nitrogen and oxygen atoms in total. The van der Waals surface area contributed by atoms with Crippen molar-refractivity contribution in [2.75, 3.05) is 20.3 Å². The number of carboxylic acid groups (broad SMARTS) is 1. The summed E-state index contributed by atoms with van der Waals surface area (Å²) in [4.78, 5) is 11.1. The topological polar surface area (TPSA) is 55.8 Å². The largest absolute Gasteiger partial charge is 0.481 e. The van der Waals surface area contributed by atoms with E-state index in [4.69, 9.17) is 14.6 Å². The molecule has 17 heavy (non-hydrogen) atoms. The Kier molecular flexibility index (Phi) is 6.13. The predicted octanol–water partition coefficient (Wildman–Crippen LogP) is 2.57. The molecule has 0 heterocycles. The summed E-state index contributed by atoms with van der Waals surface area (Å²) in [5, 5.41) is 9.14. The molecule has 0 amide bonds. The van der Waals surface area contributed by atoms with Crippen molar-refractivity contribution >= 4 is 5.97 Å². The van der Waals surface area contributed by atoms with E-state index in [0.717, 1.165) is 0 Å². The van der Waals surface area contributed by atoms with Crippen molar-refractivity contribution in [2.24, 2.45) is 11.3 Å². The van der Waals surface area contributed by atoms with Gasteiger partial charge >= 0.3 is 5.97 Å². The molecule has 0 saturated heterocycles. The first-order valence-electron chi connectivity index (χ1n) is 6.06. The summed E-state index contributed by atoms with van der Waals surface area (Å²) in [5.41, 5.74) is -1.18. The van der Waals surface area contributed by atoms with Crippen LogP contribution in [0.5, 0.6) is 0 Å². The second kappa shape index (κ2) is 6.36. The molecule has 2 unspecified atom stereocenters. The average Bonchev–Trinajstić information content (AvgIpc) is 2.17. The summed E-state index contributed by atoms with van der Waals surface area (Å²) in [7, 11) is 1.63. The van der Waals surface area contributed by atoms with Crippen molar-refractivity contribution in [1.29, 1.82) is 0 Å². The van der Waals surface area contributed by atoms with Crippen molar-refractivity contribution in [3.63, 3.8) is 0 Å². The molecule has 0 radical (unpaired) electrons. The molecule has 0 bridgehead atoms. The molecule has 0 aromatic carbocycles. The van der Waals surface area contributed by atoms with E-state index in [1.54, 1.807) is 21.0 Å². The third kappa shape index (κ3) is 4.64. The van der Waals surface area contributed by atoms with E-state index < -0.39 is 17.0 Å². The van der Waals surface area contributed by atoms with E-state index in [1.165, 1.54) is 0 Å². The van der Waals surface area contributed by atoms with Gasteiger partial charge in [-0.05, 0) is 40.0 Å². The lowest BCUT2D eigenvalue weighted by atomic mass is 9.77. The highest BCUT2D eigenvalue weighted by atomic mass is 16.5. The highest BCUT2D eigenvalue weighted by Gasteiger charge is 2.38. The van der Waals surface area contributed by atoms with E-state index in [1.807, 2.05) is 20.8 Å². The third-order valence-electron chi connectivity index (χ3n) is 3.34. The van der Waals surface area contributed by atoms with E-state index in [9.17, 15) is 4.79 Å². The van der Waals surface area contributed by atoms with Gasteiger partial charge in [-0.2, -0.15) is 0 Å². The number of rotatable bonds is 8. The van der Waals surface area contributed by atoms with Gasteiger partial charge in [-0.3, -0.25) is 4.79 Å². The quantitative estimate of drug-likeness (QED) is 0.715. The van der Waals surface area contributed by atoms with Crippen molar-refractivity contribution in [3.05, 3.63) is 0 Å². The molecular formula is C13H26O4. The lowest BCUT2D eigenvalue weighted by molar-refractivity contribution is -0.151. The molecule has 0 saturated carbocycles. The molecule has 0 aliphatic heterocycles. The standard InChI is InChI=1S/C13H26O4/c1-7-17-13(5,9-16-6)10(2)8-12(3,4)11(14)15/h10H,7-9H2,1-6H3,(H,14,15). The molecule has 2 atom stereocenters. The van der Waals surface area contributed by atoms with Crippen LogP contribution in [0.3, 0.4) is 0 Å². The monoisotopic (exact) mass is 246 g/mol. The first-order valence-corrected chi connectivity index (χ1v) is 6.06. The number of carbonyl (C=O) groups is 1. The van der Waals surface area contributed by atoms with Crippen molar-refractivity contribution < 1.29 is 19.4 Å². The summed E-state index contributed by atoms with van der Waals surface area (Å²) < 4.78 is 10.9. The molecule has 0 rings (SSSR count).